The Morgan fingerprint density at radius 3 is 2.43 bits per heavy atom. The molecule has 0 saturated carbocycles. The highest BCUT2D eigenvalue weighted by atomic mass is 35.5. The number of hydrogen-bond acceptors (Lipinski definition) is 7. The average Bonchev–Trinajstić information content (AvgIpc) is 3.34. The van der Waals surface area contributed by atoms with Crippen molar-refractivity contribution in [2.24, 2.45) is 5.10 Å². The van der Waals surface area contributed by atoms with Gasteiger partial charge >= 0.3 is 5.97 Å². The highest BCUT2D eigenvalue weighted by molar-refractivity contribution is 7.21. The topological polar surface area (TPSA) is 106 Å². The average molecular weight is 647 g/mol. The molecule has 0 radical (unpaired) electrons. The fraction of sp³-hybridized carbons (Fsp3) is 0.0909. The molecule has 11 heteroatoms. The van der Waals surface area contributed by atoms with E-state index in [-0.39, 0.29) is 11.7 Å². The predicted molar refractivity (Wildman–Crippen MR) is 175 cm³/mol. The first-order valence-corrected chi connectivity index (χ1v) is 15.0. The monoisotopic (exact) mass is 645 g/mol. The van der Waals surface area contributed by atoms with Gasteiger partial charge < -0.3 is 14.8 Å². The summed E-state index contributed by atoms with van der Waals surface area (Å²) in [6.07, 6.45) is 1.45. The van der Waals surface area contributed by atoms with Gasteiger partial charge in [0.05, 0.1) is 23.4 Å². The van der Waals surface area contributed by atoms with Crippen LogP contribution in [-0.2, 0) is 0 Å². The molecule has 0 atom stereocenters. The predicted octanol–water partition coefficient (Wildman–Crippen LogP) is 8.15. The van der Waals surface area contributed by atoms with Gasteiger partial charge in [-0.25, -0.2) is 10.2 Å². The van der Waals surface area contributed by atoms with Gasteiger partial charge in [0, 0.05) is 26.4 Å². The van der Waals surface area contributed by atoms with Crippen LogP contribution in [0.4, 0.5) is 5.69 Å². The minimum absolute atomic E-state index is 0.269. The number of aryl methyl sites for hydroxylation is 1. The maximum absolute atomic E-state index is 12.9. The highest BCUT2D eigenvalue weighted by Crippen LogP contribution is 2.37. The smallest absolute Gasteiger partial charge is 0.343 e. The molecule has 4 aromatic carbocycles. The molecule has 2 amide bonds. The minimum Gasteiger partial charge on any atom is -0.490 e. The largest absolute Gasteiger partial charge is 0.490 e. The van der Waals surface area contributed by atoms with Gasteiger partial charge in [0.1, 0.15) is 4.88 Å². The quantitative estimate of drug-likeness (QED) is 0.0728. The number of hydrazone groups is 1. The zero-order valence-electron chi connectivity index (χ0n) is 23.5. The third-order valence-corrected chi connectivity index (χ3v) is 8.20. The summed E-state index contributed by atoms with van der Waals surface area (Å²) < 4.78 is 12.0. The Balaban J connectivity index is 1.19. The summed E-state index contributed by atoms with van der Waals surface area (Å²) in [5.41, 5.74) is 5.30. The highest BCUT2D eigenvalue weighted by Gasteiger charge is 2.18. The van der Waals surface area contributed by atoms with E-state index in [1.807, 2.05) is 19.9 Å². The molecule has 0 unspecified atom stereocenters. The number of nitrogens with zero attached hydrogens (tertiary/aromatic N) is 1. The molecule has 5 rings (SSSR count). The summed E-state index contributed by atoms with van der Waals surface area (Å²) in [5, 5.41) is 8.51. The van der Waals surface area contributed by atoms with Gasteiger partial charge in [-0.1, -0.05) is 47.0 Å². The van der Waals surface area contributed by atoms with Gasteiger partial charge in [-0.2, -0.15) is 5.10 Å². The summed E-state index contributed by atoms with van der Waals surface area (Å²) >= 11 is 13.7. The molecule has 1 heterocycles. The van der Waals surface area contributed by atoms with Gasteiger partial charge in [0.15, 0.2) is 11.5 Å². The first-order chi connectivity index (χ1) is 21.2. The Morgan fingerprint density at radius 2 is 1.68 bits per heavy atom. The number of nitrogens with one attached hydrogen (secondary N) is 2. The second kappa shape index (κ2) is 13.7. The first-order valence-electron chi connectivity index (χ1n) is 13.4. The second-order valence-corrected chi connectivity index (χ2v) is 11.4. The van der Waals surface area contributed by atoms with E-state index >= 15 is 0 Å². The standard InChI is InChI=1S/C33H25Cl2N3O5S/c1-3-42-27-16-20(7-14-26(27)43-33(41)22-6-4-5-19(2)15-22)18-36-38-31(39)21-8-11-24(12-9-21)37-32(40)30-29(35)25-13-10-23(34)17-28(25)44-30/h4-18H,3H2,1-2H3,(H,37,40)(H,38,39)/b36-18-. The molecule has 5 aromatic rings. The van der Waals surface area contributed by atoms with E-state index in [2.05, 4.69) is 15.8 Å². The lowest BCUT2D eigenvalue weighted by molar-refractivity contribution is 0.0727. The molecule has 0 fully saturated rings. The maximum Gasteiger partial charge on any atom is 0.343 e. The Labute approximate surface area is 267 Å². The van der Waals surface area contributed by atoms with Crippen molar-refractivity contribution in [3.8, 4) is 11.5 Å². The fourth-order valence-corrected chi connectivity index (χ4v) is 5.88. The molecule has 0 spiro atoms. The number of carbonyl (C=O) groups is 3. The van der Waals surface area contributed by atoms with Crippen molar-refractivity contribution in [2.75, 3.05) is 11.9 Å². The Bertz CT molecular complexity index is 1900. The summed E-state index contributed by atoms with van der Waals surface area (Å²) in [6, 6.07) is 23.7. The summed E-state index contributed by atoms with van der Waals surface area (Å²) in [6.45, 7) is 4.07. The van der Waals surface area contributed by atoms with Gasteiger partial charge in [0.25, 0.3) is 11.8 Å². The van der Waals surface area contributed by atoms with Crippen LogP contribution in [0.3, 0.4) is 0 Å². The van der Waals surface area contributed by atoms with E-state index in [1.165, 1.54) is 17.6 Å². The number of carbonyl (C=O) groups excluding carboxylic acids is 3. The summed E-state index contributed by atoms with van der Waals surface area (Å²) in [4.78, 5) is 38.5. The van der Waals surface area contributed by atoms with Crippen molar-refractivity contribution >= 4 is 74.3 Å². The molecule has 0 aliphatic rings. The molecule has 0 bridgehead atoms. The van der Waals surface area contributed by atoms with E-state index in [9.17, 15) is 14.4 Å². The fourth-order valence-electron chi connectivity index (χ4n) is 4.20. The van der Waals surface area contributed by atoms with Crippen molar-refractivity contribution in [1.29, 1.82) is 0 Å². The number of hydrogen-bond donors (Lipinski definition) is 2. The number of anilines is 1. The zero-order valence-corrected chi connectivity index (χ0v) is 25.8. The van der Waals surface area contributed by atoms with Crippen LogP contribution in [0.25, 0.3) is 10.1 Å². The van der Waals surface area contributed by atoms with Crippen molar-refractivity contribution in [1.82, 2.24) is 5.43 Å². The molecule has 222 valence electrons. The van der Waals surface area contributed by atoms with E-state index in [1.54, 1.807) is 78.9 Å². The Kier molecular flexibility index (Phi) is 9.59. The number of fused-ring (bicyclic) bond motifs is 1. The lowest BCUT2D eigenvalue weighted by Crippen LogP contribution is -2.17. The van der Waals surface area contributed by atoms with E-state index in [4.69, 9.17) is 32.7 Å². The Hall–Kier alpha value is -4.70. The van der Waals surface area contributed by atoms with Gasteiger partial charge in [-0.05, 0) is 86.1 Å². The molecule has 44 heavy (non-hydrogen) atoms. The summed E-state index contributed by atoms with van der Waals surface area (Å²) in [7, 11) is 0. The van der Waals surface area contributed by atoms with Crippen LogP contribution in [-0.4, -0.2) is 30.6 Å². The van der Waals surface area contributed by atoms with Crippen LogP contribution < -0.4 is 20.2 Å². The number of rotatable bonds is 9. The number of thiophene rings is 1. The van der Waals surface area contributed by atoms with Crippen LogP contribution in [0, 0.1) is 6.92 Å². The lowest BCUT2D eigenvalue weighted by Gasteiger charge is -2.11. The normalized spacial score (nSPS) is 11.0. The van der Waals surface area contributed by atoms with Crippen LogP contribution in [0.1, 0.15) is 48.4 Å². The van der Waals surface area contributed by atoms with Gasteiger partial charge in [-0.15, -0.1) is 11.3 Å². The molecular weight excluding hydrogens is 621 g/mol. The molecule has 0 aliphatic carbocycles. The molecule has 1 aromatic heterocycles. The van der Waals surface area contributed by atoms with Crippen molar-refractivity contribution in [3.63, 3.8) is 0 Å². The minimum atomic E-state index is -0.497. The third-order valence-electron chi connectivity index (χ3n) is 6.31. The zero-order chi connectivity index (χ0) is 31.2. The number of ether oxygens (including phenoxy) is 2. The van der Waals surface area contributed by atoms with E-state index in [0.29, 0.717) is 49.7 Å². The van der Waals surface area contributed by atoms with E-state index < -0.39 is 11.9 Å². The summed E-state index contributed by atoms with van der Waals surface area (Å²) in [5.74, 6) is -0.676. The van der Waals surface area contributed by atoms with Crippen molar-refractivity contribution in [2.45, 2.75) is 13.8 Å². The molecule has 0 aliphatic heterocycles. The molecule has 0 saturated heterocycles. The lowest BCUT2D eigenvalue weighted by atomic mass is 10.1. The molecule has 8 nitrogen and oxygen atoms in total. The van der Waals surface area contributed by atoms with Gasteiger partial charge in [0.2, 0.25) is 0 Å². The van der Waals surface area contributed by atoms with Crippen LogP contribution >= 0.6 is 34.5 Å². The third kappa shape index (κ3) is 7.26. The maximum atomic E-state index is 12.9. The number of amides is 2. The van der Waals surface area contributed by atoms with Gasteiger partial charge in [-0.3, -0.25) is 9.59 Å². The second-order valence-electron chi connectivity index (χ2n) is 9.51. The number of esters is 1. The van der Waals surface area contributed by atoms with Crippen LogP contribution in [0.15, 0.2) is 90.0 Å². The Morgan fingerprint density at radius 1 is 0.886 bits per heavy atom. The van der Waals surface area contributed by atoms with Crippen molar-refractivity contribution < 1.29 is 23.9 Å². The van der Waals surface area contributed by atoms with Crippen molar-refractivity contribution in [3.05, 3.63) is 122 Å². The number of benzene rings is 4. The SMILES string of the molecule is CCOc1cc(/C=N\NC(=O)c2ccc(NC(=O)c3sc4cc(Cl)ccc4c3Cl)cc2)ccc1OC(=O)c1cccc(C)c1. The molecular formula is C33H25Cl2N3O5S. The first kappa shape index (κ1) is 30.7. The van der Waals surface area contributed by atoms with Crippen LogP contribution in [0.5, 0.6) is 11.5 Å². The molecule has 2 N–H and O–H groups in total. The number of halogens is 2. The van der Waals surface area contributed by atoms with Crippen LogP contribution in [0.2, 0.25) is 10.0 Å². The van der Waals surface area contributed by atoms with E-state index in [0.717, 1.165) is 15.6 Å².